The number of carbonyl (C=O) groups excluding carboxylic acids is 2. The van der Waals surface area contributed by atoms with E-state index in [0.29, 0.717) is 25.8 Å². The maximum Gasteiger partial charge on any atom is 0.408 e. The summed E-state index contributed by atoms with van der Waals surface area (Å²) in [5.74, 6) is -1.53. The van der Waals surface area contributed by atoms with Gasteiger partial charge in [-0.3, -0.25) is 9.59 Å². The lowest BCUT2D eigenvalue weighted by atomic mass is 9.88. The highest BCUT2D eigenvalue weighted by Gasteiger charge is 2.42. The summed E-state index contributed by atoms with van der Waals surface area (Å²) in [4.78, 5) is 39.2. The van der Waals surface area contributed by atoms with Crippen molar-refractivity contribution in [3.63, 3.8) is 0 Å². The van der Waals surface area contributed by atoms with Crippen LogP contribution in [-0.2, 0) is 14.3 Å². The number of likely N-dealkylation sites (tertiary alicyclic amines) is 1. The van der Waals surface area contributed by atoms with Crippen LogP contribution < -0.4 is 5.32 Å². The van der Waals surface area contributed by atoms with E-state index in [1.165, 1.54) is 0 Å². The zero-order chi connectivity index (χ0) is 24.5. The van der Waals surface area contributed by atoms with Crippen molar-refractivity contribution in [2.24, 2.45) is 5.92 Å². The second kappa shape index (κ2) is 9.49. The highest BCUT2D eigenvalue weighted by atomic mass is 16.5. The number of hydrogen-bond acceptors (Lipinski definition) is 4. The Labute approximate surface area is 200 Å². The standard InChI is InChI=1S/C27H32N2O5/c1-4-27(3,25(32)29-14-13-18(24(30)31)15-17(29)2)28-26(33)34-16-23-21-11-7-5-9-19(21)20-10-6-8-12-22(20)23/h5-12,17-18,23H,4,13-16H2,1-3H3,(H,28,33)(H,30,31)/t17-,18-,27?/m1/s1. The first-order chi connectivity index (χ1) is 16.2. The van der Waals surface area contributed by atoms with Crippen molar-refractivity contribution < 1.29 is 24.2 Å². The van der Waals surface area contributed by atoms with Crippen molar-refractivity contribution >= 4 is 18.0 Å². The summed E-state index contributed by atoms with van der Waals surface area (Å²) in [5.41, 5.74) is 3.42. The molecule has 180 valence electrons. The molecule has 1 saturated heterocycles. The number of ether oxygens (including phenoxy) is 1. The zero-order valence-corrected chi connectivity index (χ0v) is 19.9. The number of amides is 2. The molecule has 2 aromatic rings. The molecule has 3 atom stereocenters. The van der Waals surface area contributed by atoms with Gasteiger partial charge >= 0.3 is 12.1 Å². The number of benzene rings is 2. The fourth-order valence-electron chi connectivity index (χ4n) is 5.17. The third-order valence-electron chi connectivity index (χ3n) is 7.39. The number of carboxylic acid groups (broad SMARTS) is 1. The van der Waals surface area contributed by atoms with Gasteiger partial charge in [-0.15, -0.1) is 0 Å². The van der Waals surface area contributed by atoms with Gasteiger partial charge in [-0.2, -0.15) is 0 Å². The molecule has 2 aliphatic rings. The SMILES string of the molecule is CCC(C)(NC(=O)OCC1c2ccccc2-c2ccccc21)C(=O)N1CC[C@@H](C(=O)O)C[C@H]1C. The number of carboxylic acids is 1. The summed E-state index contributed by atoms with van der Waals surface area (Å²) in [5, 5.41) is 12.1. The molecule has 1 aliphatic heterocycles. The van der Waals surface area contributed by atoms with Crippen molar-refractivity contribution in [2.75, 3.05) is 13.2 Å². The van der Waals surface area contributed by atoms with E-state index in [2.05, 4.69) is 29.6 Å². The van der Waals surface area contributed by atoms with E-state index in [-0.39, 0.29) is 24.5 Å². The van der Waals surface area contributed by atoms with Crippen molar-refractivity contribution in [1.82, 2.24) is 10.2 Å². The highest BCUT2D eigenvalue weighted by Crippen LogP contribution is 2.44. The molecule has 2 N–H and O–H groups in total. The minimum absolute atomic E-state index is 0.0585. The molecule has 0 radical (unpaired) electrons. The van der Waals surface area contributed by atoms with Crippen LogP contribution in [0.25, 0.3) is 11.1 Å². The van der Waals surface area contributed by atoms with Crippen LogP contribution in [0.3, 0.4) is 0 Å². The van der Waals surface area contributed by atoms with Crippen molar-refractivity contribution in [3.05, 3.63) is 59.7 Å². The first-order valence-corrected chi connectivity index (χ1v) is 11.9. The van der Waals surface area contributed by atoms with Gasteiger partial charge in [-0.05, 0) is 55.4 Å². The number of aliphatic carboxylic acids is 1. The number of nitrogens with one attached hydrogen (secondary N) is 1. The molecule has 1 heterocycles. The van der Waals surface area contributed by atoms with Gasteiger partial charge in [-0.25, -0.2) is 4.79 Å². The van der Waals surface area contributed by atoms with E-state index in [4.69, 9.17) is 4.74 Å². The monoisotopic (exact) mass is 464 g/mol. The lowest BCUT2D eigenvalue weighted by Crippen LogP contribution is -2.60. The van der Waals surface area contributed by atoms with Crippen LogP contribution in [-0.4, -0.2) is 52.7 Å². The highest BCUT2D eigenvalue weighted by molar-refractivity contribution is 5.90. The number of alkyl carbamates (subject to hydrolysis) is 1. The average Bonchev–Trinajstić information content (AvgIpc) is 3.15. The predicted octanol–water partition coefficient (Wildman–Crippen LogP) is 4.41. The van der Waals surface area contributed by atoms with Gasteiger partial charge in [0.05, 0.1) is 5.92 Å². The second-order valence-corrected chi connectivity index (χ2v) is 9.54. The predicted molar refractivity (Wildman–Crippen MR) is 128 cm³/mol. The van der Waals surface area contributed by atoms with E-state index in [0.717, 1.165) is 22.3 Å². The van der Waals surface area contributed by atoms with Crippen LogP contribution in [0.15, 0.2) is 48.5 Å². The maximum absolute atomic E-state index is 13.4. The van der Waals surface area contributed by atoms with Crippen LogP contribution in [0.5, 0.6) is 0 Å². The Morgan fingerprint density at radius 1 is 1.09 bits per heavy atom. The molecular formula is C27H32N2O5. The van der Waals surface area contributed by atoms with E-state index >= 15 is 0 Å². The smallest absolute Gasteiger partial charge is 0.408 e. The van der Waals surface area contributed by atoms with Crippen molar-refractivity contribution in [1.29, 1.82) is 0 Å². The van der Waals surface area contributed by atoms with E-state index in [1.54, 1.807) is 11.8 Å². The summed E-state index contributed by atoms with van der Waals surface area (Å²) in [6.45, 7) is 5.94. The summed E-state index contributed by atoms with van der Waals surface area (Å²) < 4.78 is 5.65. The molecule has 2 aromatic carbocycles. The number of nitrogens with zero attached hydrogens (tertiary/aromatic N) is 1. The molecule has 2 amide bonds. The Kier molecular flexibility index (Phi) is 6.64. The number of fused-ring (bicyclic) bond motifs is 3. The molecule has 1 aliphatic carbocycles. The van der Waals surface area contributed by atoms with E-state index in [1.807, 2.05) is 38.1 Å². The zero-order valence-electron chi connectivity index (χ0n) is 19.9. The maximum atomic E-state index is 13.4. The van der Waals surface area contributed by atoms with Gasteiger partial charge < -0.3 is 20.1 Å². The summed E-state index contributed by atoms with van der Waals surface area (Å²) in [6.07, 6.45) is 0.580. The second-order valence-electron chi connectivity index (χ2n) is 9.54. The van der Waals surface area contributed by atoms with Crippen LogP contribution >= 0.6 is 0 Å². The third-order valence-corrected chi connectivity index (χ3v) is 7.39. The molecule has 0 bridgehead atoms. The number of piperidine rings is 1. The number of hydrogen-bond donors (Lipinski definition) is 2. The lowest BCUT2D eigenvalue weighted by Gasteiger charge is -2.41. The molecule has 0 spiro atoms. The first kappa shape index (κ1) is 23.8. The van der Waals surface area contributed by atoms with Gasteiger partial charge in [0.2, 0.25) is 5.91 Å². The largest absolute Gasteiger partial charge is 0.481 e. The Balaban J connectivity index is 1.42. The van der Waals surface area contributed by atoms with Gasteiger partial charge in [0.25, 0.3) is 0 Å². The summed E-state index contributed by atoms with van der Waals surface area (Å²) in [6, 6.07) is 16.0. The molecule has 1 unspecified atom stereocenters. The van der Waals surface area contributed by atoms with Crippen molar-refractivity contribution in [2.45, 2.75) is 57.5 Å². The Morgan fingerprint density at radius 3 is 2.21 bits per heavy atom. The topological polar surface area (TPSA) is 95.9 Å². The number of rotatable bonds is 6. The fourth-order valence-corrected chi connectivity index (χ4v) is 5.17. The first-order valence-electron chi connectivity index (χ1n) is 11.9. The lowest BCUT2D eigenvalue weighted by molar-refractivity contribution is -0.149. The molecular weight excluding hydrogens is 432 g/mol. The normalized spacial score (nSPS) is 21.2. The van der Waals surface area contributed by atoms with Gasteiger partial charge in [0, 0.05) is 18.5 Å². The molecule has 34 heavy (non-hydrogen) atoms. The Bertz CT molecular complexity index is 1050. The van der Waals surface area contributed by atoms with Crippen LogP contribution in [0.2, 0.25) is 0 Å². The van der Waals surface area contributed by atoms with E-state index < -0.39 is 23.5 Å². The molecule has 7 nitrogen and oxygen atoms in total. The molecule has 1 fully saturated rings. The van der Waals surface area contributed by atoms with Crippen LogP contribution in [0.1, 0.15) is 57.1 Å². The molecule has 0 aromatic heterocycles. The van der Waals surface area contributed by atoms with Crippen molar-refractivity contribution in [3.8, 4) is 11.1 Å². The Hall–Kier alpha value is -3.35. The minimum atomic E-state index is -1.13. The van der Waals surface area contributed by atoms with E-state index in [9.17, 15) is 19.5 Å². The van der Waals surface area contributed by atoms with Gasteiger partial charge in [0.15, 0.2) is 0 Å². The molecule has 0 saturated carbocycles. The summed E-state index contributed by atoms with van der Waals surface area (Å²) >= 11 is 0. The minimum Gasteiger partial charge on any atom is -0.481 e. The number of carbonyl (C=O) groups is 3. The van der Waals surface area contributed by atoms with Crippen LogP contribution in [0, 0.1) is 5.92 Å². The fraction of sp³-hybridized carbons (Fsp3) is 0.444. The van der Waals surface area contributed by atoms with Gasteiger partial charge in [-0.1, -0.05) is 55.5 Å². The molecule has 4 rings (SSSR count). The quantitative estimate of drug-likeness (QED) is 0.660. The third kappa shape index (κ3) is 4.39. The van der Waals surface area contributed by atoms with Gasteiger partial charge in [0.1, 0.15) is 12.1 Å². The average molecular weight is 465 g/mol. The molecule has 7 heteroatoms. The Morgan fingerprint density at radius 2 is 1.68 bits per heavy atom. The summed E-state index contributed by atoms with van der Waals surface area (Å²) in [7, 11) is 0. The van der Waals surface area contributed by atoms with Crippen LogP contribution in [0.4, 0.5) is 4.79 Å².